The van der Waals surface area contributed by atoms with Gasteiger partial charge in [-0.15, -0.1) is 6.58 Å². The topological polar surface area (TPSA) is 58.6 Å². The normalized spacial score (nSPS) is 14.5. The molecule has 0 fully saturated rings. The summed E-state index contributed by atoms with van der Waals surface area (Å²) in [6, 6.07) is 4.23. The van der Waals surface area contributed by atoms with Crippen molar-refractivity contribution in [3.63, 3.8) is 0 Å². The van der Waals surface area contributed by atoms with E-state index in [4.69, 9.17) is 11.6 Å². The van der Waals surface area contributed by atoms with E-state index >= 15 is 0 Å². The lowest BCUT2D eigenvalue weighted by atomic mass is 10.2. The second kappa shape index (κ2) is 4.03. The van der Waals surface area contributed by atoms with Crippen molar-refractivity contribution in [2.45, 2.75) is 0 Å². The molecule has 0 spiro atoms. The molecule has 1 aliphatic rings. The zero-order valence-electron chi connectivity index (χ0n) is 8.31. The molecule has 0 aromatic heterocycles. The molecule has 0 radical (unpaired) electrons. The van der Waals surface area contributed by atoms with Gasteiger partial charge in [0.05, 0.1) is 11.4 Å². The van der Waals surface area contributed by atoms with Crippen LogP contribution in [-0.4, -0.2) is 12.6 Å². The van der Waals surface area contributed by atoms with E-state index in [1.807, 2.05) is 0 Å². The number of nitrogens with zero attached hydrogens (tertiary/aromatic N) is 2. The summed E-state index contributed by atoms with van der Waals surface area (Å²) in [6.07, 6.45) is 1.57. The predicted molar refractivity (Wildman–Crippen MR) is 63.4 cm³/mol. The van der Waals surface area contributed by atoms with E-state index in [9.17, 15) is 10.0 Å². The first-order chi connectivity index (χ1) is 7.63. The van der Waals surface area contributed by atoms with E-state index < -0.39 is 6.03 Å². The van der Waals surface area contributed by atoms with Crippen LogP contribution in [0.3, 0.4) is 0 Å². The van der Waals surface area contributed by atoms with Crippen LogP contribution in [0.25, 0.3) is 0 Å². The summed E-state index contributed by atoms with van der Waals surface area (Å²) in [6.45, 7) is 3.87. The molecule has 1 N–H and O–H groups in total. The number of benzene rings is 1. The van der Waals surface area contributed by atoms with Crippen LogP contribution in [0, 0.1) is 5.21 Å². The standard InChI is InChI=1S/C10H9ClN3O2/c1-2-5-13-9-6-7(11)3-4-8(9)14(16)12-10(13)15/h2-4,6H,1,5H2,(H,12,15)/q-1. The number of rotatable bonds is 2. The van der Waals surface area contributed by atoms with E-state index in [2.05, 4.69) is 12.0 Å². The number of nitrogens with one attached hydrogen (secondary N) is 1. The van der Waals surface area contributed by atoms with Crippen LogP contribution in [0.1, 0.15) is 0 Å². The van der Waals surface area contributed by atoms with Gasteiger partial charge in [-0.3, -0.25) is 10.3 Å². The predicted octanol–water partition coefficient (Wildman–Crippen LogP) is 2.27. The summed E-state index contributed by atoms with van der Waals surface area (Å²) in [5.41, 5.74) is 2.99. The zero-order chi connectivity index (χ0) is 11.7. The van der Waals surface area contributed by atoms with E-state index in [1.165, 1.54) is 4.90 Å². The summed E-state index contributed by atoms with van der Waals surface area (Å²) < 4.78 is 0. The number of fused-ring (bicyclic) bond motifs is 1. The Balaban J connectivity index is 2.51. The van der Waals surface area contributed by atoms with Gasteiger partial charge in [-0.2, -0.15) is 0 Å². The van der Waals surface area contributed by atoms with Gasteiger partial charge in [0.15, 0.2) is 0 Å². The van der Waals surface area contributed by atoms with Crippen molar-refractivity contribution < 1.29 is 4.79 Å². The highest BCUT2D eigenvalue weighted by atomic mass is 35.5. The highest BCUT2D eigenvalue weighted by Crippen LogP contribution is 2.33. The number of hydrazine groups is 1. The molecule has 1 aromatic carbocycles. The van der Waals surface area contributed by atoms with Crippen LogP contribution < -0.4 is 15.5 Å². The third-order valence-corrected chi connectivity index (χ3v) is 2.44. The molecular weight excluding hydrogens is 230 g/mol. The monoisotopic (exact) mass is 238 g/mol. The van der Waals surface area contributed by atoms with Crippen LogP contribution in [-0.2, 0) is 0 Å². The fourth-order valence-electron chi connectivity index (χ4n) is 1.51. The summed E-state index contributed by atoms with van der Waals surface area (Å²) in [7, 11) is 0. The Kier molecular flexibility index (Phi) is 2.72. The first-order valence-corrected chi connectivity index (χ1v) is 4.97. The van der Waals surface area contributed by atoms with Crippen molar-refractivity contribution in [1.29, 1.82) is 0 Å². The molecule has 2 rings (SSSR count). The smallest absolute Gasteiger partial charge is 0.340 e. The molecule has 2 amide bonds. The van der Waals surface area contributed by atoms with Gasteiger partial charge in [0.2, 0.25) is 0 Å². The molecule has 1 heterocycles. The molecule has 1 aromatic rings. The van der Waals surface area contributed by atoms with Gasteiger partial charge < -0.3 is 10.4 Å². The maximum Gasteiger partial charge on any atom is 0.340 e. The highest BCUT2D eigenvalue weighted by molar-refractivity contribution is 6.31. The molecule has 1 aliphatic heterocycles. The van der Waals surface area contributed by atoms with Crippen molar-refractivity contribution in [2.75, 3.05) is 16.6 Å². The fraction of sp³-hybridized carbons (Fsp3) is 0.100. The lowest BCUT2D eigenvalue weighted by molar-refractivity contribution is 0.246. The highest BCUT2D eigenvalue weighted by Gasteiger charge is 2.24. The first-order valence-electron chi connectivity index (χ1n) is 4.59. The number of carbonyl (C=O) groups excluding carboxylic acids is 1. The van der Waals surface area contributed by atoms with Crippen LogP contribution in [0.4, 0.5) is 16.2 Å². The van der Waals surface area contributed by atoms with Gasteiger partial charge in [0, 0.05) is 11.6 Å². The Bertz CT molecular complexity index is 450. The Morgan fingerprint density at radius 1 is 1.50 bits per heavy atom. The van der Waals surface area contributed by atoms with E-state index in [0.29, 0.717) is 28.1 Å². The summed E-state index contributed by atoms with van der Waals surface area (Å²) >= 11 is 5.83. The lowest BCUT2D eigenvalue weighted by Gasteiger charge is -2.41. The third kappa shape index (κ3) is 1.70. The second-order valence-electron chi connectivity index (χ2n) is 3.24. The molecule has 6 heteroatoms. The fourth-order valence-corrected chi connectivity index (χ4v) is 1.68. The van der Waals surface area contributed by atoms with E-state index in [0.717, 1.165) is 0 Å². The average Bonchev–Trinajstić information content (AvgIpc) is 2.23. The largest absolute Gasteiger partial charge is 0.739 e. The van der Waals surface area contributed by atoms with Gasteiger partial charge in [-0.05, 0) is 18.2 Å². The zero-order valence-corrected chi connectivity index (χ0v) is 9.07. The van der Waals surface area contributed by atoms with Gasteiger partial charge in [-0.1, -0.05) is 17.7 Å². The third-order valence-electron chi connectivity index (χ3n) is 2.20. The Hall–Kier alpha value is -1.72. The molecule has 5 nitrogen and oxygen atoms in total. The SMILES string of the molecule is C=CCN1C(=O)NN([O-])c2ccc(Cl)cc21. The van der Waals surface area contributed by atoms with Gasteiger partial charge in [0.1, 0.15) is 0 Å². The summed E-state index contributed by atoms with van der Waals surface area (Å²) in [5, 5.41) is 12.3. The quantitative estimate of drug-likeness (QED) is 0.804. The number of hydrogen-bond acceptors (Lipinski definition) is 3. The van der Waals surface area contributed by atoms with Crippen molar-refractivity contribution in [3.8, 4) is 0 Å². The van der Waals surface area contributed by atoms with Crippen LogP contribution in [0.15, 0.2) is 30.9 Å². The Morgan fingerprint density at radius 3 is 2.94 bits per heavy atom. The van der Waals surface area contributed by atoms with Crippen molar-refractivity contribution in [2.24, 2.45) is 0 Å². The van der Waals surface area contributed by atoms with Crippen molar-refractivity contribution >= 4 is 29.0 Å². The Morgan fingerprint density at radius 2 is 2.25 bits per heavy atom. The molecule has 0 bridgehead atoms. The van der Waals surface area contributed by atoms with Gasteiger partial charge >= 0.3 is 6.03 Å². The summed E-state index contributed by atoms with van der Waals surface area (Å²) in [5.74, 6) is 0. The molecule has 0 atom stereocenters. The van der Waals surface area contributed by atoms with Crippen LogP contribution in [0.2, 0.25) is 5.02 Å². The number of halogens is 1. The van der Waals surface area contributed by atoms with E-state index in [-0.39, 0.29) is 0 Å². The number of amides is 2. The maximum atomic E-state index is 11.6. The van der Waals surface area contributed by atoms with Crippen molar-refractivity contribution in [1.82, 2.24) is 5.43 Å². The molecule has 16 heavy (non-hydrogen) atoms. The molecule has 0 unspecified atom stereocenters. The molecule has 0 saturated heterocycles. The average molecular weight is 239 g/mol. The van der Waals surface area contributed by atoms with Gasteiger partial charge in [0.25, 0.3) is 0 Å². The van der Waals surface area contributed by atoms with Crippen LogP contribution >= 0.6 is 11.6 Å². The minimum absolute atomic E-state index is 0.313. The van der Waals surface area contributed by atoms with Gasteiger partial charge in [-0.25, -0.2) is 4.79 Å². The Labute approximate surface area is 97.4 Å². The maximum absolute atomic E-state index is 11.6. The van der Waals surface area contributed by atoms with Crippen molar-refractivity contribution in [3.05, 3.63) is 41.1 Å². The number of urea groups is 1. The number of hydrogen-bond donors (Lipinski definition) is 1. The molecule has 84 valence electrons. The first kappa shape index (κ1) is 10.8. The van der Waals surface area contributed by atoms with Crippen LogP contribution in [0.5, 0.6) is 0 Å². The lowest BCUT2D eigenvalue weighted by Crippen LogP contribution is -2.51. The number of anilines is 2. The molecular formula is C10H9ClN3O2-. The molecule has 0 saturated carbocycles. The molecule has 0 aliphatic carbocycles. The minimum atomic E-state index is -0.496. The second-order valence-corrected chi connectivity index (χ2v) is 3.68. The van der Waals surface area contributed by atoms with E-state index in [1.54, 1.807) is 24.3 Å². The number of carbonyl (C=O) groups is 1. The summed E-state index contributed by atoms with van der Waals surface area (Å²) in [4.78, 5) is 12.9. The minimum Gasteiger partial charge on any atom is -0.739 e.